The van der Waals surface area contributed by atoms with Gasteiger partial charge in [-0.05, 0) is 37.1 Å². The van der Waals surface area contributed by atoms with Gasteiger partial charge < -0.3 is 9.84 Å². The van der Waals surface area contributed by atoms with E-state index in [1.54, 1.807) is 25.1 Å². The highest BCUT2D eigenvalue weighted by atomic mass is 16.5. The molecule has 0 amide bonds. The largest absolute Gasteiger partial charge is 0.478 e. The Bertz CT molecular complexity index is 588. The molecule has 0 heterocycles. The second-order valence-electron chi connectivity index (χ2n) is 4.12. The van der Waals surface area contributed by atoms with E-state index in [1.807, 2.05) is 31.2 Å². The summed E-state index contributed by atoms with van der Waals surface area (Å²) < 4.78 is 5.70. The molecular formula is C15H14O3. The molecule has 2 aromatic carbocycles. The molecule has 0 saturated heterocycles. The molecular weight excluding hydrogens is 228 g/mol. The summed E-state index contributed by atoms with van der Waals surface area (Å²) >= 11 is 0. The van der Waals surface area contributed by atoms with E-state index in [-0.39, 0.29) is 5.56 Å². The average Bonchev–Trinajstić information content (AvgIpc) is 2.31. The van der Waals surface area contributed by atoms with Crippen LogP contribution in [0.25, 0.3) is 0 Å². The molecule has 0 saturated carbocycles. The Kier molecular flexibility index (Phi) is 3.33. The van der Waals surface area contributed by atoms with E-state index in [1.165, 1.54) is 0 Å². The van der Waals surface area contributed by atoms with Crippen LogP contribution in [0.5, 0.6) is 11.5 Å². The minimum absolute atomic E-state index is 0.209. The Labute approximate surface area is 106 Å². The summed E-state index contributed by atoms with van der Waals surface area (Å²) in [5.74, 6) is 0.0686. The lowest BCUT2D eigenvalue weighted by Gasteiger charge is -2.12. The van der Waals surface area contributed by atoms with Crippen LogP contribution in [-0.4, -0.2) is 11.1 Å². The van der Waals surface area contributed by atoms with Gasteiger partial charge in [-0.2, -0.15) is 0 Å². The van der Waals surface area contributed by atoms with E-state index in [0.29, 0.717) is 17.1 Å². The lowest BCUT2D eigenvalue weighted by Crippen LogP contribution is -2.03. The summed E-state index contributed by atoms with van der Waals surface area (Å²) in [7, 11) is 0. The highest BCUT2D eigenvalue weighted by Crippen LogP contribution is 2.29. The van der Waals surface area contributed by atoms with Crippen LogP contribution in [0.4, 0.5) is 0 Å². The third-order valence-corrected chi connectivity index (χ3v) is 2.76. The molecule has 0 aliphatic rings. The molecule has 3 heteroatoms. The van der Waals surface area contributed by atoms with Crippen molar-refractivity contribution in [3.05, 3.63) is 59.2 Å². The molecule has 0 unspecified atom stereocenters. The Morgan fingerprint density at radius 3 is 2.22 bits per heavy atom. The van der Waals surface area contributed by atoms with Crippen molar-refractivity contribution in [1.29, 1.82) is 0 Å². The molecule has 0 spiro atoms. The standard InChI is InChI=1S/C15H14O3/c1-10-6-3-4-8-12(10)18-13-9-5-7-11(2)14(13)15(16)17/h3-9H,1-2H3,(H,16,17). The van der Waals surface area contributed by atoms with Gasteiger partial charge in [-0.25, -0.2) is 4.79 Å². The van der Waals surface area contributed by atoms with Crippen molar-refractivity contribution in [3.63, 3.8) is 0 Å². The van der Waals surface area contributed by atoms with Crippen LogP contribution in [0.3, 0.4) is 0 Å². The van der Waals surface area contributed by atoms with Gasteiger partial charge in [0.2, 0.25) is 0 Å². The SMILES string of the molecule is Cc1ccccc1Oc1cccc(C)c1C(=O)O. The first-order valence-electron chi connectivity index (χ1n) is 5.66. The molecule has 0 atom stereocenters. The van der Waals surface area contributed by atoms with Crippen LogP contribution < -0.4 is 4.74 Å². The van der Waals surface area contributed by atoms with Crippen LogP contribution in [0, 0.1) is 13.8 Å². The number of hydrogen-bond acceptors (Lipinski definition) is 2. The lowest BCUT2D eigenvalue weighted by atomic mass is 10.1. The van der Waals surface area contributed by atoms with Gasteiger partial charge in [0.25, 0.3) is 0 Å². The summed E-state index contributed by atoms with van der Waals surface area (Å²) in [6.07, 6.45) is 0. The summed E-state index contributed by atoms with van der Waals surface area (Å²) in [6, 6.07) is 12.7. The van der Waals surface area contributed by atoms with E-state index >= 15 is 0 Å². The first-order valence-corrected chi connectivity index (χ1v) is 5.66. The molecule has 3 nitrogen and oxygen atoms in total. The van der Waals surface area contributed by atoms with E-state index in [9.17, 15) is 9.90 Å². The van der Waals surface area contributed by atoms with Crippen molar-refractivity contribution in [2.75, 3.05) is 0 Å². The van der Waals surface area contributed by atoms with E-state index in [2.05, 4.69) is 0 Å². The van der Waals surface area contributed by atoms with Gasteiger partial charge in [0.1, 0.15) is 17.1 Å². The maximum atomic E-state index is 11.2. The highest BCUT2D eigenvalue weighted by molar-refractivity contribution is 5.92. The molecule has 18 heavy (non-hydrogen) atoms. The van der Waals surface area contributed by atoms with Crippen molar-refractivity contribution in [2.24, 2.45) is 0 Å². The first-order chi connectivity index (χ1) is 8.59. The number of ether oxygens (including phenoxy) is 1. The van der Waals surface area contributed by atoms with E-state index in [0.717, 1.165) is 5.56 Å². The Balaban J connectivity index is 2.44. The molecule has 0 radical (unpaired) electrons. The maximum Gasteiger partial charge on any atom is 0.339 e. The zero-order valence-electron chi connectivity index (χ0n) is 10.3. The van der Waals surface area contributed by atoms with Gasteiger partial charge in [-0.3, -0.25) is 0 Å². The number of carboxylic acids is 1. The molecule has 0 aromatic heterocycles. The zero-order valence-corrected chi connectivity index (χ0v) is 10.3. The number of hydrogen-bond donors (Lipinski definition) is 1. The molecule has 2 rings (SSSR count). The summed E-state index contributed by atoms with van der Waals surface area (Å²) in [5.41, 5.74) is 1.87. The highest BCUT2D eigenvalue weighted by Gasteiger charge is 2.15. The second-order valence-corrected chi connectivity index (χ2v) is 4.12. The van der Waals surface area contributed by atoms with Gasteiger partial charge in [-0.1, -0.05) is 30.3 Å². The van der Waals surface area contributed by atoms with Crippen molar-refractivity contribution < 1.29 is 14.6 Å². The molecule has 92 valence electrons. The van der Waals surface area contributed by atoms with Gasteiger partial charge in [0.15, 0.2) is 0 Å². The fourth-order valence-electron chi connectivity index (χ4n) is 1.79. The molecule has 0 bridgehead atoms. The Hall–Kier alpha value is -2.29. The summed E-state index contributed by atoms with van der Waals surface area (Å²) in [5, 5.41) is 9.21. The fourth-order valence-corrected chi connectivity index (χ4v) is 1.79. The normalized spacial score (nSPS) is 10.1. The predicted molar refractivity (Wildman–Crippen MR) is 69.4 cm³/mol. The Morgan fingerprint density at radius 2 is 1.56 bits per heavy atom. The lowest BCUT2D eigenvalue weighted by molar-refractivity contribution is 0.0693. The number of benzene rings is 2. The number of aryl methyl sites for hydroxylation is 2. The summed E-state index contributed by atoms with van der Waals surface area (Å²) in [6.45, 7) is 3.68. The molecule has 1 N–H and O–H groups in total. The van der Waals surface area contributed by atoms with E-state index in [4.69, 9.17) is 4.74 Å². The first kappa shape index (κ1) is 12.2. The molecule has 0 aliphatic heterocycles. The van der Waals surface area contributed by atoms with Crippen LogP contribution in [-0.2, 0) is 0 Å². The van der Waals surface area contributed by atoms with Crippen LogP contribution in [0.1, 0.15) is 21.5 Å². The second kappa shape index (κ2) is 4.92. The predicted octanol–water partition coefficient (Wildman–Crippen LogP) is 3.79. The maximum absolute atomic E-state index is 11.2. The molecule has 2 aromatic rings. The van der Waals surface area contributed by atoms with Crippen LogP contribution in [0.2, 0.25) is 0 Å². The Morgan fingerprint density at radius 1 is 0.944 bits per heavy atom. The van der Waals surface area contributed by atoms with Gasteiger partial charge in [0, 0.05) is 0 Å². The minimum atomic E-state index is -0.975. The molecule has 0 fully saturated rings. The smallest absolute Gasteiger partial charge is 0.339 e. The van der Waals surface area contributed by atoms with Crippen LogP contribution in [0.15, 0.2) is 42.5 Å². The quantitative estimate of drug-likeness (QED) is 0.890. The number of rotatable bonds is 3. The molecule has 0 aliphatic carbocycles. The number of carboxylic acid groups (broad SMARTS) is 1. The van der Waals surface area contributed by atoms with Gasteiger partial charge >= 0.3 is 5.97 Å². The van der Waals surface area contributed by atoms with Crippen molar-refractivity contribution in [2.45, 2.75) is 13.8 Å². The van der Waals surface area contributed by atoms with Crippen LogP contribution >= 0.6 is 0 Å². The topological polar surface area (TPSA) is 46.5 Å². The third kappa shape index (κ3) is 2.35. The van der Waals surface area contributed by atoms with Gasteiger partial charge in [0.05, 0.1) is 0 Å². The number of carbonyl (C=O) groups is 1. The monoisotopic (exact) mass is 242 g/mol. The average molecular weight is 242 g/mol. The number of aromatic carboxylic acids is 1. The minimum Gasteiger partial charge on any atom is -0.478 e. The summed E-state index contributed by atoms with van der Waals surface area (Å²) in [4.78, 5) is 11.2. The van der Waals surface area contributed by atoms with Crippen molar-refractivity contribution in [3.8, 4) is 11.5 Å². The third-order valence-electron chi connectivity index (χ3n) is 2.76. The van der Waals surface area contributed by atoms with Crippen molar-refractivity contribution >= 4 is 5.97 Å². The fraction of sp³-hybridized carbons (Fsp3) is 0.133. The van der Waals surface area contributed by atoms with Gasteiger partial charge in [-0.15, -0.1) is 0 Å². The van der Waals surface area contributed by atoms with Crippen molar-refractivity contribution in [1.82, 2.24) is 0 Å². The van der Waals surface area contributed by atoms with E-state index < -0.39 is 5.97 Å². The zero-order chi connectivity index (χ0) is 13.1. The number of para-hydroxylation sites is 1.